The van der Waals surface area contributed by atoms with Gasteiger partial charge in [0.25, 0.3) is 0 Å². The smallest absolute Gasteiger partial charge is 0.201 e. The Morgan fingerprint density at radius 2 is 1.27 bits per heavy atom. The summed E-state index contributed by atoms with van der Waals surface area (Å²) in [4.78, 5) is 0. The van der Waals surface area contributed by atoms with Gasteiger partial charge in [-0.2, -0.15) is 4.39 Å². The molecule has 0 saturated carbocycles. The zero-order valence-corrected chi connectivity index (χ0v) is 19.9. The van der Waals surface area contributed by atoms with E-state index in [1.165, 1.54) is 54.6 Å². The molecule has 0 heterocycles. The highest BCUT2D eigenvalue weighted by Crippen LogP contribution is 2.31. The lowest BCUT2D eigenvalue weighted by Gasteiger charge is -2.10. The first-order valence-corrected chi connectivity index (χ1v) is 11.7. The van der Waals surface area contributed by atoms with E-state index in [9.17, 15) is 22.7 Å². The van der Waals surface area contributed by atoms with Gasteiger partial charge in [0.05, 0.1) is 6.61 Å². The van der Waals surface area contributed by atoms with Gasteiger partial charge in [0.15, 0.2) is 23.2 Å². The maximum Gasteiger partial charge on any atom is 0.201 e. The largest absolute Gasteiger partial charge is 0.508 e. The van der Waals surface area contributed by atoms with E-state index in [1.54, 1.807) is 36.4 Å². The summed E-state index contributed by atoms with van der Waals surface area (Å²) >= 11 is 0. The molecule has 37 heavy (non-hydrogen) atoms. The molecule has 6 heteroatoms. The Balaban J connectivity index is 1.49. The molecule has 4 rings (SSSR count). The second kappa shape index (κ2) is 11.6. The molecule has 0 bridgehead atoms. The fraction of sp³-hybridized carbons (Fsp3) is 0.0968. The standard InChI is InChI=1S/C31H24F4O2/c1-2-3-4-19-37-27-18-17-26(30(34)31(27)35)21-8-5-20(6-9-21)7-10-23-13-16-25(29(33)28(23)32)22-11-14-24(36)15-12-22/h2,5-18,36H,1,3-4,19H2/b10-7+. The summed E-state index contributed by atoms with van der Waals surface area (Å²) in [7, 11) is 0. The minimum absolute atomic E-state index is 0.0315. The molecular formula is C31H24F4O2. The van der Waals surface area contributed by atoms with Gasteiger partial charge in [-0.3, -0.25) is 0 Å². The molecule has 0 aliphatic heterocycles. The van der Waals surface area contributed by atoms with Gasteiger partial charge < -0.3 is 9.84 Å². The Morgan fingerprint density at radius 1 is 0.676 bits per heavy atom. The minimum atomic E-state index is -1.05. The van der Waals surface area contributed by atoms with E-state index in [4.69, 9.17) is 4.74 Å². The highest BCUT2D eigenvalue weighted by atomic mass is 19.2. The van der Waals surface area contributed by atoms with Crippen LogP contribution in [0.25, 0.3) is 34.4 Å². The summed E-state index contributed by atoms with van der Waals surface area (Å²) in [6, 6.07) is 18.2. The van der Waals surface area contributed by atoms with Crippen LogP contribution in [0.2, 0.25) is 0 Å². The fourth-order valence-electron chi connectivity index (χ4n) is 3.79. The van der Waals surface area contributed by atoms with Crippen molar-refractivity contribution in [3.63, 3.8) is 0 Å². The van der Waals surface area contributed by atoms with Crippen molar-refractivity contribution in [1.82, 2.24) is 0 Å². The number of phenolic OH excluding ortho intramolecular Hbond substituents is 1. The molecule has 1 N–H and O–H groups in total. The Morgan fingerprint density at radius 3 is 1.92 bits per heavy atom. The summed E-state index contributed by atoms with van der Waals surface area (Å²) in [5.74, 6) is -4.15. The average Bonchev–Trinajstić information content (AvgIpc) is 2.91. The lowest BCUT2D eigenvalue weighted by molar-refractivity contribution is 0.291. The third-order valence-corrected chi connectivity index (χ3v) is 5.82. The molecule has 4 aromatic rings. The van der Waals surface area contributed by atoms with Crippen molar-refractivity contribution >= 4 is 12.2 Å². The van der Waals surface area contributed by atoms with E-state index in [0.717, 1.165) is 6.42 Å². The highest BCUT2D eigenvalue weighted by molar-refractivity contribution is 5.74. The zero-order chi connectivity index (χ0) is 26.4. The van der Waals surface area contributed by atoms with Crippen molar-refractivity contribution in [3.05, 3.63) is 120 Å². The van der Waals surface area contributed by atoms with Crippen LogP contribution >= 0.6 is 0 Å². The van der Waals surface area contributed by atoms with Gasteiger partial charge in [-0.25, -0.2) is 13.2 Å². The molecule has 0 spiro atoms. The van der Waals surface area contributed by atoms with Crippen molar-refractivity contribution in [2.45, 2.75) is 12.8 Å². The van der Waals surface area contributed by atoms with Crippen LogP contribution in [0.15, 0.2) is 85.5 Å². The van der Waals surface area contributed by atoms with E-state index in [0.29, 0.717) is 23.1 Å². The van der Waals surface area contributed by atoms with Crippen LogP contribution in [-0.4, -0.2) is 11.7 Å². The Bertz CT molecular complexity index is 1430. The quantitative estimate of drug-likeness (QED) is 0.107. The molecule has 0 amide bonds. The van der Waals surface area contributed by atoms with Crippen LogP contribution in [0.4, 0.5) is 17.6 Å². The van der Waals surface area contributed by atoms with Gasteiger partial charge in [-0.15, -0.1) is 6.58 Å². The first-order chi connectivity index (χ1) is 17.9. The number of ether oxygens (including phenoxy) is 1. The SMILES string of the molecule is C=CCCCOc1ccc(-c2ccc(/C=C/c3ccc(-c4ccc(O)cc4)c(F)c3F)cc2)c(F)c1F. The summed E-state index contributed by atoms with van der Waals surface area (Å²) in [5.41, 5.74) is 1.79. The molecule has 0 unspecified atom stereocenters. The van der Waals surface area contributed by atoms with E-state index >= 15 is 0 Å². The van der Waals surface area contributed by atoms with Crippen LogP contribution in [0.3, 0.4) is 0 Å². The van der Waals surface area contributed by atoms with Crippen molar-refractivity contribution < 1.29 is 27.4 Å². The van der Waals surface area contributed by atoms with Gasteiger partial charge in [0.1, 0.15) is 5.75 Å². The maximum atomic E-state index is 14.7. The summed E-state index contributed by atoms with van der Waals surface area (Å²) in [6.45, 7) is 3.86. The van der Waals surface area contributed by atoms with Gasteiger partial charge in [-0.1, -0.05) is 66.8 Å². The molecule has 0 aromatic heterocycles. The van der Waals surface area contributed by atoms with Crippen LogP contribution in [-0.2, 0) is 0 Å². The number of allylic oxidation sites excluding steroid dienone is 1. The number of hydrogen-bond donors (Lipinski definition) is 1. The number of benzene rings is 4. The molecule has 2 nitrogen and oxygen atoms in total. The molecule has 0 radical (unpaired) electrons. The Labute approximate surface area is 212 Å². The number of halogens is 4. The molecule has 188 valence electrons. The van der Waals surface area contributed by atoms with Crippen LogP contribution in [0.5, 0.6) is 11.5 Å². The summed E-state index contributed by atoms with van der Waals surface area (Å²) < 4.78 is 63.8. The van der Waals surface area contributed by atoms with Crippen LogP contribution in [0, 0.1) is 23.3 Å². The van der Waals surface area contributed by atoms with Gasteiger partial charge in [0.2, 0.25) is 5.82 Å². The lowest BCUT2D eigenvalue weighted by Crippen LogP contribution is -2.01. The molecule has 0 atom stereocenters. The Kier molecular flexibility index (Phi) is 8.08. The number of phenols is 1. The second-order valence-corrected chi connectivity index (χ2v) is 8.35. The number of rotatable bonds is 9. The molecule has 0 fully saturated rings. The van der Waals surface area contributed by atoms with E-state index in [1.807, 2.05) is 0 Å². The summed E-state index contributed by atoms with van der Waals surface area (Å²) in [5, 5.41) is 9.39. The van der Waals surface area contributed by atoms with Crippen molar-refractivity contribution in [3.8, 4) is 33.8 Å². The first kappa shape index (κ1) is 25.8. The fourth-order valence-corrected chi connectivity index (χ4v) is 3.79. The van der Waals surface area contributed by atoms with Crippen molar-refractivity contribution in [2.75, 3.05) is 6.61 Å². The Hall–Kier alpha value is -4.32. The zero-order valence-electron chi connectivity index (χ0n) is 19.9. The number of aromatic hydroxyl groups is 1. The topological polar surface area (TPSA) is 29.5 Å². The molecule has 4 aromatic carbocycles. The minimum Gasteiger partial charge on any atom is -0.508 e. The van der Waals surface area contributed by atoms with E-state index in [2.05, 4.69) is 6.58 Å². The maximum absolute atomic E-state index is 14.7. The van der Waals surface area contributed by atoms with Crippen LogP contribution < -0.4 is 4.74 Å². The number of unbranched alkanes of at least 4 members (excludes halogenated alkanes) is 1. The summed E-state index contributed by atoms with van der Waals surface area (Å²) in [6.07, 6.45) is 6.13. The monoisotopic (exact) mass is 504 g/mol. The van der Waals surface area contributed by atoms with Gasteiger partial charge >= 0.3 is 0 Å². The number of hydrogen-bond acceptors (Lipinski definition) is 2. The molecule has 0 aliphatic rings. The first-order valence-electron chi connectivity index (χ1n) is 11.7. The third kappa shape index (κ3) is 5.92. The normalized spacial score (nSPS) is 11.1. The van der Waals surface area contributed by atoms with E-state index < -0.39 is 23.3 Å². The van der Waals surface area contributed by atoms with Crippen molar-refractivity contribution in [1.29, 1.82) is 0 Å². The van der Waals surface area contributed by atoms with Gasteiger partial charge in [-0.05, 0) is 53.8 Å². The predicted octanol–water partition coefficient (Wildman–Crippen LogP) is 8.80. The van der Waals surface area contributed by atoms with Gasteiger partial charge in [0, 0.05) is 16.7 Å². The second-order valence-electron chi connectivity index (χ2n) is 8.35. The highest BCUT2D eigenvalue weighted by Gasteiger charge is 2.16. The van der Waals surface area contributed by atoms with E-state index in [-0.39, 0.29) is 34.8 Å². The lowest BCUT2D eigenvalue weighted by atomic mass is 10.0. The molecular weight excluding hydrogens is 480 g/mol. The third-order valence-electron chi connectivity index (χ3n) is 5.82. The van der Waals surface area contributed by atoms with Crippen LogP contribution in [0.1, 0.15) is 24.0 Å². The van der Waals surface area contributed by atoms with Crippen molar-refractivity contribution in [2.24, 2.45) is 0 Å². The molecule has 0 saturated heterocycles. The molecule has 0 aliphatic carbocycles. The predicted molar refractivity (Wildman–Crippen MR) is 139 cm³/mol. The average molecular weight is 505 g/mol.